The predicted octanol–water partition coefficient (Wildman–Crippen LogP) is 5.94. The van der Waals surface area contributed by atoms with Crippen LogP contribution in [0.2, 0.25) is 5.02 Å². The third kappa shape index (κ3) is 7.49. The maximum atomic E-state index is 14.1. The van der Waals surface area contributed by atoms with Gasteiger partial charge in [0.15, 0.2) is 0 Å². The van der Waals surface area contributed by atoms with Crippen LogP contribution in [0.4, 0.5) is 5.69 Å². The van der Waals surface area contributed by atoms with Gasteiger partial charge in [0, 0.05) is 17.6 Å². The lowest BCUT2D eigenvalue weighted by Crippen LogP contribution is -2.52. The smallest absolute Gasteiger partial charge is 0.264 e. The summed E-state index contributed by atoms with van der Waals surface area (Å²) in [7, 11) is -4.15. The molecule has 0 spiro atoms. The van der Waals surface area contributed by atoms with E-state index in [2.05, 4.69) is 5.32 Å². The number of rotatable bonds is 10. The first-order valence-corrected chi connectivity index (χ1v) is 15.8. The highest BCUT2D eigenvalue weighted by Crippen LogP contribution is 2.27. The van der Waals surface area contributed by atoms with Crippen molar-refractivity contribution >= 4 is 39.1 Å². The molecule has 1 fully saturated rings. The van der Waals surface area contributed by atoms with E-state index in [0.29, 0.717) is 10.7 Å². The van der Waals surface area contributed by atoms with E-state index in [9.17, 15) is 18.0 Å². The molecule has 0 bridgehead atoms. The third-order valence-corrected chi connectivity index (χ3v) is 9.84. The second kappa shape index (κ2) is 13.1. The van der Waals surface area contributed by atoms with E-state index in [-0.39, 0.29) is 23.4 Å². The first kappa shape index (κ1) is 30.6. The summed E-state index contributed by atoms with van der Waals surface area (Å²) >= 11 is 6.03. The minimum Gasteiger partial charge on any atom is -0.352 e. The topological polar surface area (TPSA) is 86.8 Å². The number of nitrogens with zero attached hydrogens (tertiary/aromatic N) is 2. The molecule has 3 aromatic rings. The van der Waals surface area contributed by atoms with Gasteiger partial charge in [0.2, 0.25) is 11.8 Å². The second-order valence-corrected chi connectivity index (χ2v) is 13.2. The summed E-state index contributed by atoms with van der Waals surface area (Å²) in [6.45, 7) is 7.21. The summed E-state index contributed by atoms with van der Waals surface area (Å²) in [5.41, 5.74) is 4.19. The summed E-state index contributed by atoms with van der Waals surface area (Å²) < 4.78 is 29.0. The number of aryl methyl sites for hydroxylation is 3. The molecule has 2 amide bonds. The first-order chi connectivity index (χ1) is 19.5. The number of anilines is 1. The zero-order valence-corrected chi connectivity index (χ0v) is 25.6. The Morgan fingerprint density at radius 2 is 1.56 bits per heavy atom. The maximum Gasteiger partial charge on any atom is 0.264 e. The molecule has 1 aliphatic rings. The molecule has 0 unspecified atom stereocenters. The Balaban J connectivity index is 1.70. The van der Waals surface area contributed by atoms with Crippen LogP contribution in [0, 0.1) is 20.8 Å². The Labute approximate surface area is 248 Å². The maximum absolute atomic E-state index is 14.1. The second-order valence-electron chi connectivity index (χ2n) is 10.9. The van der Waals surface area contributed by atoms with Gasteiger partial charge in [-0.2, -0.15) is 0 Å². The van der Waals surface area contributed by atoms with Crippen molar-refractivity contribution in [1.82, 2.24) is 10.2 Å². The third-order valence-electron chi connectivity index (χ3n) is 7.80. The fourth-order valence-corrected chi connectivity index (χ4v) is 6.54. The van der Waals surface area contributed by atoms with Crippen LogP contribution < -0.4 is 9.62 Å². The van der Waals surface area contributed by atoms with Crippen molar-refractivity contribution in [3.05, 3.63) is 94.0 Å². The van der Waals surface area contributed by atoms with E-state index < -0.39 is 28.5 Å². The van der Waals surface area contributed by atoms with Crippen molar-refractivity contribution in [1.29, 1.82) is 0 Å². The van der Waals surface area contributed by atoms with Gasteiger partial charge >= 0.3 is 0 Å². The van der Waals surface area contributed by atoms with Crippen molar-refractivity contribution in [3.8, 4) is 0 Å². The van der Waals surface area contributed by atoms with Crippen LogP contribution in [0.3, 0.4) is 0 Å². The Morgan fingerprint density at radius 3 is 2.17 bits per heavy atom. The Morgan fingerprint density at radius 1 is 0.927 bits per heavy atom. The van der Waals surface area contributed by atoms with Gasteiger partial charge in [0.25, 0.3) is 10.0 Å². The van der Waals surface area contributed by atoms with E-state index in [0.717, 1.165) is 52.2 Å². The molecule has 1 N–H and O–H groups in total. The lowest BCUT2D eigenvalue weighted by Gasteiger charge is -2.32. The summed E-state index contributed by atoms with van der Waals surface area (Å²) in [5, 5.41) is 3.50. The van der Waals surface area contributed by atoms with Gasteiger partial charge in [0.05, 0.1) is 10.6 Å². The molecule has 218 valence electrons. The molecule has 1 atom stereocenters. The van der Waals surface area contributed by atoms with Gasteiger partial charge < -0.3 is 10.2 Å². The summed E-state index contributed by atoms with van der Waals surface area (Å²) in [5.74, 6) is -0.717. The van der Waals surface area contributed by atoms with Crippen LogP contribution in [0.25, 0.3) is 0 Å². The number of carbonyl (C=O) groups excluding carboxylic acids is 2. The SMILES string of the molecule is Cc1ccc(CN(C(=O)CN(c2ccc(C)c(C)c2)S(=O)(=O)c2ccc(Cl)cc2)[C@@H](C)C(=O)NC2CCCC2)cc1. The van der Waals surface area contributed by atoms with Crippen LogP contribution in [0.1, 0.15) is 54.9 Å². The van der Waals surface area contributed by atoms with E-state index in [1.165, 1.54) is 29.2 Å². The molecule has 0 saturated heterocycles. The van der Waals surface area contributed by atoms with Gasteiger partial charge in [0.1, 0.15) is 12.6 Å². The molecule has 1 saturated carbocycles. The fourth-order valence-electron chi connectivity index (χ4n) is 5.01. The van der Waals surface area contributed by atoms with Crippen LogP contribution >= 0.6 is 11.6 Å². The largest absolute Gasteiger partial charge is 0.352 e. The molecule has 4 rings (SSSR count). The van der Waals surface area contributed by atoms with Crippen LogP contribution in [-0.4, -0.2) is 43.8 Å². The molecule has 0 aliphatic heterocycles. The molecule has 0 radical (unpaired) electrons. The van der Waals surface area contributed by atoms with E-state index in [1.807, 2.05) is 51.1 Å². The van der Waals surface area contributed by atoms with Gasteiger partial charge in [-0.05, 0) is 93.6 Å². The quantitative estimate of drug-likeness (QED) is 0.314. The number of carbonyl (C=O) groups is 2. The van der Waals surface area contributed by atoms with E-state index in [1.54, 1.807) is 19.1 Å². The van der Waals surface area contributed by atoms with Crippen molar-refractivity contribution in [3.63, 3.8) is 0 Å². The highest BCUT2D eigenvalue weighted by atomic mass is 35.5. The van der Waals surface area contributed by atoms with Gasteiger partial charge in [-0.3, -0.25) is 13.9 Å². The zero-order valence-electron chi connectivity index (χ0n) is 24.1. The molecule has 7 nitrogen and oxygen atoms in total. The summed E-state index contributed by atoms with van der Waals surface area (Å²) in [6.07, 6.45) is 3.98. The zero-order chi connectivity index (χ0) is 29.7. The lowest BCUT2D eigenvalue weighted by atomic mass is 10.1. The molecule has 41 heavy (non-hydrogen) atoms. The monoisotopic (exact) mass is 595 g/mol. The van der Waals surface area contributed by atoms with Crippen molar-refractivity contribution in [2.75, 3.05) is 10.8 Å². The van der Waals surface area contributed by atoms with Gasteiger partial charge in [-0.25, -0.2) is 8.42 Å². The molecular formula is C32H38ClN3O4S. The molecule has 1 aliphatic carbocycles. The molecule has 9 heteroatoms. The molecular weight excluding hydrogens is 558 g/mol. The number of amides is 2. The normalized spacial score (nSPS) is 14.5. The summed E-state index contributed by atoms with van der Waals surface area (Å²) in [4.78, 5) is 28.9. The number of nitrogens with one attached hydrogen (secondary N) is 1. The van der Waals surface area contributed by atoms with Crippen molar-refractivity contribution in [2.24, 2.45) is 0 Å². The summed E-state index contributed by atoms with van der Waals surface area (Å²) in [6, 6.07) is 18.2. The number of benzene rings is 3. The first-order valence-electron chi connectivity index (χ1n) is 14.0. The number of halogens is 1. The fraction of sp³-hybridized carbons (Fsp3) is 0.375. The standard InChI is InChI=1S/C32H38ClN3O4S/c1-22-9-12-26(13-10-22)20-35(25(4)32(38)34-28-7-5-6-8-28)31(37)21-36(29-16-11-23(2)24(3)19-29)41(39,40)30-17-14-27(33)15-18-30/h9-19,25,28H,5-8,20-21H2,1-4H3,(H,34,38)/t25-/m0/s1. The van der Waals surface area contributed by atoms with Crippen molar-refractivity contribution < 1.29 is 18.0 Å². The van der Waals surface area contributed by atoms with Crippen LogP contribution in [-0.2, 0) is 26.2 Å². The number of hydrogen-bond donors (Lipinski definition) is 1. The lowest BCUT2D eigenvalue weighted by molar-refractivity contribution is -0.139. The van der Waals surface area contributed by atoms with Crippen LogP contribution in [0.5, 0.6) is 0 Å². The number of sulfonamides is 1. The average molecular weight is 596 g/mol. The Kier molecular flexibility index (Phi) is 9.76. The van der Waals surface area contributed by atoms with E-state index in [4.69, 9.17) is 11.6 Å². The minimum absolute atomic E-state index is 0.0186. The highest BCUT2D eigenvalue weighted by molar-refractivity contribution is 7.92. The van der Waals surface area contributed by atoms with Gasteiger partial charge in [-0.15, -0.1) is 0 Å². The number of hydrogen-bond acceptors (Lipinski definition) is 4. The average Bonchev–Trinajstić information content (AvgIpc) is 3.45. The molecule has 3 aromatic carbocycles. The van der Waals surface area contributed by atoms with E-state index >= 15 is 0 Å². The molecule has 0 aromatic heterocycles. The minimum atomic E-state index is -4.15. The molecule has 0 heterocycles. The Hall–Kier alpha value is -3.36. The van der Waals surface area contributed by atoms with Gasteiger partial charge in [-0.1, -0.05) is 60.3 Å². The Bertz CT molecular complexity index is 1480. The highest BCUT2D eigenvalue weighted by Gasteiger charge is 2.33. The van der Waals surface area contributed by atoms with Crippen LogP contribution in [0.15, 0.2) is 71.6 Å². The van der Waals surface area contributed by atoms with Crippen molar-refractivity contribution in [2.45, 2.75) is 76.9 Å². The predicted molar refractivity (Wildman–Crippen MR) is 163 cm³/mol.